The van der Waals surface area contributed by atoms with Gasteiger partial charge in [-0.05, 0) is 18.1 Å². The first-order chi connectivity index (χ1) is 16.0. The summed E-state index contributed by atoms with van der Waals surface area (Å²) < 4.78 is 2.65. The molecule has 0 aliphatic carbocycles. The minimum atomic E-state index is -1.82. The molecule has 12 nitrogen and oxygen atoms in total. The van der Waals surface area contributed by atoms with Crippen molar-refractivity contribution in [2.45, 2.75) is 13.3 Å². The van der Waals surface area contributed by atoms with Crippen LogP contribution in [0.15, 0.2) is 39.9 Å². The molecule has 0 atom stereocenters. The fourth-order valence-electron chi connectivity index (χ4n) is 3.55. The molecule has 1 saturated heterocycles. The van der Waals surface area contributed by atoms with Gasteiger partial charge in [-0.2, -0.15) is 0 Å². The Morgan fingerprint density at radius 1 is 0.941 bits per heavy atom. The second-order valence-corrected chi connectivity index (χ2v) is 7.77. The van der Waals surface area contributed by atoms with Crippen molar-refractivity contribution < 1.29 is 24.6 Å². The van der Waals surface area contributed by atoms with Crippen LogP contribution in [0.5, 0.6) is 0 Å². The molecule has 12 heteroatoms. The highest BCUT2D eigenvalue weighted by Gasteiger charge is 2.20. The van der Waals surface area contributed by atoms with E-state index in [0.29, 0.717) is 5.82 Å². The average Bonchev–Trinajstić information content (AvgIpc) is 2.80. The van der Waals surface area contributed by atoms with Gasteiger partial charge in [0.15, 0.2) is 0 Å². The highest BCUT2D eigenvalue weighted by atomic mass is 16.4. The molecule has 0 spiro atoms. The first-order valence-corrected chi connectivity index (χ1v) is 10.6. The lowest BCUT2D eigenvalue weighted by atomic mass is 10.1. The second kappa shape index (κ2) is 11.8. The number of anilines is 2. The van der Waals surface area contributed by atoms with Crippen molar-refractivity contribution in [3.8, 4) is 0 Å². The molecule has 1 aliphatic rings. The lowest BCUT2D eigenvalue weighted by Crippen LogP contribution is -2.49. The lowest BCUT2D eigenvalue weighted by Gasteiger charge is -2.36. The van der Waals surface area contributed by atoms with Gasteiger partial charge in [0.1, 0.15) is 5.82 Å². The summed E-state index contributed by atoms with van der Waals surface area (Å²) in [5.74, 6) is -3.05. The highest BCUT2D eigenvalue weighted by molar-refractivity contribution is 6.27. The summed E-state index contributed by atoms with van der Waals surface area (Å²) >= 11 is 0. The zero-order chi connectivity index (χ0) is 25.4. The van der Waals surface area contributed by atoms with E-state index < -0.39 is 11.9 Å². The van der Waals surface area contributed by atoms with Crippen molar-refractivity contribution in [2.24, 2.45) is 14.1 Å². The van der Waals surface area contributed by atoms with Crippen molar-refractivity contribution >= 4 is 29.4 Å². The van der Waals surface area contributed by atoms with Gasteiger partial charge in [-0.15, -0.1) is 0 Å². The summed E-state index contributed by atoms with van der Waals surface area (Å²) in [7, 11) is 3.19. The molecule has 3 N–H and O–H groups in total. The molecule has 1 aromatic heterocycles. The third-order valence-corrected chi connectivity index (χ3v) is 5.41. The van der Waals surface area contributed by atoms with Gasteiger partial charge in [-0.25, -0.2) is 14.4 Å². The molecule has 184 valence electrons. The van der Waals surface area contributed by atoms with Gasteiger partial charge >= 0.3 is 17.6 Å². The molecule has 0 unspecified atom stereocenters. The Labute approximate surface area is 195 Å². The van der Waals surface area contributed by atoms with Gasteiger partial charge in [0.05, 0.1) is 0 Å². The molecule has 2 aromatic rings. The SMILES string of the molecule is CC(=O)Nc1ccccc1CCN1CCN(c2cc(=O)n(C)c(=O)n2C)CC1.O=C(O)C(=O)O. The first-order valence-electron chi connectivity index (χ1n) is 10.6. The number of carbonyl (C=O) groups is 3. The summed E-state index contributed by atoms with van der Waals surface area (Å²) in [6, 6.07) is 9.39. The van der Waals surface area contributed by atoms with E-state index in [1.54, 1.807) is 7.05 Å². The van der Waals surface area contributed by atoms with Gasteiger partial charge < -0.3 is 20.4 Å². The summed E-state index contributed by atoms with van der Waals surface area (Å²) in [5, 5.41) is 17.7. The maximum absolute atomic E-state index is 12.1. The number of aliphatic carboxylic acids is 2. The number of carboxylic acids is 2. The van der Waals surface area contributed by atoms with Crippen LogP contribution in [0.25, 0.3) is 0 Å². The summed E-state index contributed by atoms with van der Waals surface area (Å²) in [4.78, 5) is 58.1. The van der Waals surface area contributed by atoms with E-state index in [2.05, 4.69) is 15.1 Å². The number of carboxylic acid groups (broad SMARTS) is 2. The highest BCUT2D eigenvalue weighted by Crippen LogP contribution is 2.17. The van der Waals surface area contributed by atoms with Crippen LogP contribution in [-0.4, -0.2) is 74.8 Å². The predicted molar refractivity (Wildman–Crippen MR) is 125 cm³/mol. The van der Waals surface area contributed by atoms with Crippen LogP contribution in [0.2, 0.25) is 0 Å². The van der Waals surface area contributed by atoms with E-state index >= 15 is 0 Å². The largest absolute Gasteiger partial charge is 0.473 e. The number of rotatable bonds is 5. The standard InChI is InChI=1S/C20H27N5O3.C2H2O4/c1-15(26)21-17-7-5-4-6-16(17)8-9-24-10-12-25(13-11-24)18-14-19(27)23(3)20(28)22(18)2;3-1(4)2(5)6/h4-7,14H,8-13H2,1-3H3,(H,21,26);(H,3,4)(H,5,6). The van der Waals surface area contributed by atoms with Crippen molar-refractivity contribution in [1.29, 1.82) is 0 Å². The van der Waals surface area contributed by atoms with E-state index in [-0.39, 0.29) is 17.2 Å². The van der Waals surface area contributed by atoms with E-state index in [4.69, 9.17) is 19.8 Å². The molecule has 1 fully saturated rings. The van der Waals surface area contributed by atoms with Crippen LogP contribution in [0.1, 0.15) is 12.5 Å². The molecule has 1 aromatic carbocycles. The molecule has 1 aliphatic heterocycles. The van der Waals surface area contributed by atoms with Gasteiger partial charge in [0.2, 0.25) is 5.91 Å². The first kappa shape index (κ1) is 26.3. The fraction of sp³-hybridized carbons (Fsp3) is 0.409. The summed E-state index contributed by atoms with van der Waals surface area (Å²) in [6.07, 6.45) is 0.848. The molecular formula is C22H29N5O7. The molecule has 0 saturated carbocycles. The van der Waals surface area contributed by atoms with E-state index in [9.17, 15) is 14.4 Å². The number of nitrogens with one attached hydrogen (secondary N) is 1. The summed E-state index contributed by atoms with van der Waals surface area (Å²) in [5.41, 5.74) is 1.40. The second-order valence-electron chi connectivity index (χ2n) is 7.77. The van der Waals surface area contributed by atoms with Crippen molar-refractivity contribution in [3.63, 3.8) is 0 Å². The molecule has 3 rings (SSSR count). The van der Waals surface area contributed by atoms with Crippen molar-refractivity contribution in [3.05, 3.63) is 56.7 Å². The number of para-hydroxylation sites is 1. The van der Waals surface area contributed by atoms with Crippen LogP contribution >= 0.6 is 0 Å². The van der Waals surface area contributed by atoms with Crippen LogP contribution < -0.4 is 21.5 Å². The van der Waals surface area contributed by atoms with Crippen LogP contribution in [0.4, 0.5) is 11.5 Å². The fourth-order valence-corrected chi connectivity index (χ4v) is 3.55. The number of amides is 1. The van der Waals surface area contributed by atoms with Gasteiger partial charge in [0.25, 0.3) is 5.56 Å². The summed E-state index contributed by atoms with van der Waals surface area (Å²) in [6.45, 7) is 5.62. The number of aromatic nitrogens is 2. The molecule has 0 bridgehead atoms. The normalized spacial score (nSPS) is 13.6. The molecule has 34 heavy (non-hydrogen) atoms. The topological polar surface area (TPSA) is 154 Å². The zero-order valence-corrected chi connectivity index (χ0v) is 19.4. The molecule has 2 heterocycles. The van der Waals surface area contributed by atoms with Crippen molar-refractivity contribution in [1.82, 2.24) is 14.0 Å². The van der Waals surface area contributed by atoms with E-state index in [1.807, 2.05) is 24.3 Å². The number of nitrogens with zero attached hydrogens (tertiary/aromatic N) is 4. The Bertz CT molecular complexity index is 1150. The van der Waals surface area contributed by atoms with Crippen molar-refractivity contribution in [2.75, 3.05) is 42.9 Å². The minimum Gasteiger partial charge on any atom is -0.473 e. The third kappa shape index (κ3) is 7.04. The number of hydrogen-bond acceptors (Lipinski definition) is 7. The van der Waals surface area contributed by atoms with E-state index in [1.165, 1.54) is 24.6 Å². The number of hydrogen-bond donors (Lipinski definition) is 3. The Hall–Kier alpha value is -3.93. The molecule has 0 radical (unpaired) electrons. The van der Waals surface area contributed by atoms with E-state index in [0.717, 1.165) is 55.0 Å². The quantitative estimate of drug-likeness (QED) is 0.488. The molecule has 1 amide bonds. The zero-order valence-electron chi connectivity index (χ0n) is 19.4. The Balaban J connectivity index is 0.000000604. The smallest absolute Gasteiger partial charge is 0.414 e. The van der Waals surface area contributed by atoms with Crippen LogP contribution in [-0.2, 0) is 34.9 Å². The monoisotopic (exact) mass is 475 g/mol. The van der Waals surface area contributed by atoms with Gasteiger partial charge in [-0.3, -0.25) is 23.6 Å². The third-order valence-electron chi connectivity index (χ3n) is 5.41. The lowest BCUT2D eigenvalue weighted by molar-refractivity contribution is -0.159. The Morgan fingerprint density at radius 3 is 2.09 bits per heavy atom. The maximum atomic E-state index is 12.1. The van der Waals surface area contributed by atoms with Crippen LogP contribution in [0.3, 0.4) is 0 Å². The Morgan fingerprint density at radius 2 is 1.53 bits per heavy atom. The number of benzene rings is 1. The van der Waals surface area contributed by atoms with Gasteiger partial charge in [0, 0.05) is 65.5 Å². The average molecular weight is 476 g/mol. The number of piperazine rings is 1. The predicted octanol–water partition coefficient (Wildman–Crippen LogP) is -0.437. The Kier molecular flexibility index (Phi) is 9.13. The number of carbonyl (C=O) groups excluding carboxylic acids is 1. The maximum Gasteiger partial charge on any atom is 0.414 e. The van der Waals surface area contributed by atoms with Crippen LogP contribution in [0, 0.1) is 0 Å². The minimum absolute atomic E-state index is 0.0688. The van der Waals surface area contributed by atoms with Gasteiger partial charge in [-0.1, -0.05) is 18.2 Å². The molecular weight excluding hydrogens is 446 g/mol.